The van der Waals surface area contributed by atoms with Crippen LogP contribution in [0, 0.1) is 5.82 Å². The van der Waals surface area contributed by atoms with Gasteiger partial charge in [-0.2, -0.15) is 0 Å². The SMILES string of the molecule is CCOc1cccc(C[S@](=O)c2cccc(F)c2)n1. The summed E-state index contributed by atoms with van der Waals surface area (Å²) in [6.07, 6.45) is 0. The zero-order valence-electron chi connectivity index (χ0n) is 10.5. The topological polar surface area (TPSA) is 39.2 Å². The van der Waals surface area contributed by atoms with Gasteiger partial charge in [0.2, 0.25) is 5.88 Å². The fraction of sp³-hybridized carbons (Fsp3) is 0.214. The Hall–Kier alpha value is -1.75. The normalized spacial score (nSPS) is 12.1. The standard InChI is InChI=1S/C14H14FNO2S/c1-2-18-14-8-4-6-12(16-14)10-19(17)13-7-3-5-11(15)9-13/h3-9H,2,10H2,1H3/t19-/m0/s1. The first-order valence-electron chi connectivity index (χ1n) is 5.91. The van der Waals surface area contributed by atoms with Gasteiger partial charge in [-0.3, -0.25) is 4.21 Å². The minimum absolute atomic E-state index is 0.240. The second kappa shape index (κ2) is 6.43. The van der Waals surface area contributed by atoms with Gasteiger partial charge in [0.1, 0.15) is 5.82 Å². The van der Waals surface area contributed by atoms with Gasteiger partial charge in [0.15, 0.2) is 0 Å². The average molecular weight is 279 g/mol. The molecule has 0 aliphatic heterocycles. The zero-order chi connectivity index (χ0) is 13.7. The van der Waals surface area contributed by atoms with Gasteiger partial charge in [-0.1, -0.05) is 12.1 Å². The van der Waals surface area contributed by atoms with E-state index >= 15 is 0 Å². The smallest absolute Gasteiger partial charge is 0.213 e. The second-order valence-electron chi connectivity index (χ2n) is 3.85. The predicted molar refractivity (Wildman–Crippen MR) is 71.9 cm³/mol. The van der Waals surface area contributed by atoms with Gasteiger partial charge in [0.25, 0.3) is 0 Å². The molecule has 1 aromatic carbocycles. The van der Waals surface area contributed by atoms with Crippen LogP contribution in [-0.4, -0.2) is 15.8 Å². The third-order valence-corrected chi connectivity index (χ3v) is 3.75. The molecule has 0 N–H and O–H groups in total. The Morgan fingerprint density at radius 3 is 2.79 bits per heavy atom. The van der Waals surface area contributed by atoms with Crippen LogP contribution in [0.15, 0.2) is 47.4 Å². The molecule has 3 nitrogen and oxygen atoms in total. The lowest BCUT2D eigenvalue weighted by Gasteiger charge is -2.05. The van der Waals surface area contributed by atoms with E-state index in [0.29, 0.717) is 23.1 Å². The maximum absolute atomic E-state index is 13.1. The fourth-order valence-electron chi connectivity index (χ4n) is 1.59. The van der Waals surface area contributed by atoms with Gasteiger partial charge in [-0.05, 0) is 31.2 Å². The highest BCUT2D eigenvalue weighted by atomic mass is 32.2. The molecular weight excluding hydrogens is 265 g/mol. The summed E-state index contributed by atoms with van der Waals surface area (Å²) in [5.41, 5.74) is 0.661. The Morgan fingerprint density at radius 2 is 2.05 bits per heavy atom. The molecule has 0 radical (unpaired) electrons. The first-order valence-corrected chi connectivity index (χ1v) is 7.23. The molecule has 0 unspecified atom stereocenters. The van der Waals surface area contributed by atoms with E-state index in [9.17, 15) is 8.60 Å². The van der Waals surface area contributed by atoms with Gasteiger partial charge in [-0.25, -0.2) is 9.37 Å². The number of benzene rings is 1. The van der Waals surface area contributed by atoms with Crippen LogP contribution < -0.4 is 4.74 Å². The van der Waals surface area contributed by atoms with Crippen molar-refractivity contribution >= 4 is 10.8 Å². The maximum Gasteiger partial charge on any atom is 0.213 e. The number of rotatable bonds is 5. The van der Waals surface area contributed by atoms with E-state index in [1.165, 1.54) is 12.1 Å². The third kappa shape index (κ3) is 3.86. The Labute approximate surface area is 113 Å². The first-order chi connectivity index (χ1) is 9.19. The first kappa shape index (κ1) is 13.7. The molecule has 0 saturated carbocycles. The second-order valence-corrected chi connectivity index (χ2v) is 5.30. The van der Waals surface area contributed by atoms with E-state index in [4.69, 9.17) is 4.74 Å². The van der Waals surface area contributed by atoms with Crippen LogP contribution in [-0.2, 0) is 16.6 Å². The zero-order valence-corrected chi connectivity index (χ0v) is 11.3. The number of ether oxygens (including phenoxy) is 1. The summed E-state index contributed by atoms with van der Waals surface area (Å²) in [7, 11) is -1.31. The molecule has 100 valence electrons. The van der Waals surface area contributed by atoms with Crippen LogP contribution in [0.2, 0.25) is 0 Å². The van der Waals surface area contributed by atoms with Crippen molar-refractivity contribution in [1.29, 1.82) is 0 Å². The molecule has 0 aliphatic carbocycles. The highest BCUT2D eigenvalue weighted by molar-refractivity contribution is 7.84. The lowest BCUT2D eigenvalue weighted by molar-refractivity contribution is 0.326. The van der Waals surface area contributed by atoms with E-state index in [1.807, 2.05) is 6.92 Å². The van der Waals surface area contributed by atoms with E-state index < -0.39 is 10.8 Å². The van der Waals surface area contributed by atoms with E-state index in [-0.39, 0.29) is 11.6 Å². The van der Waals surface area contributed by atoms with Gasteiger partial charge < -0.3 is 4.74 Å². The number of hydrogen-bond acceptors (Lipinski definition) is 3. The number of hydrogen-bond donors (Lipinski definition) is 0. The third-order valence-electron chi connectivity index (χ3n) is 2.41. The Morgan fingerprint density at radius 1 is 1.26 bits per heavy atom. The quantitative estimate of drug-likeness (QED) is 0.844. The monoisotopic (exact) mass is 279 g/mol. The molecule has 0 fully saturated rings. The Balaban J connectivity index is 2.12. The predicted octanol–water partition coefficient (Wildman–Crippen LogP) is 2.93. The van der Waals surface area contributed by atoms with Crippen molar-refractivity contribution < 1.29 is 13.3 Å². The van der Waals surface area contributed by atoms with Crippen LogP contribution in [0.4, 0.5) is 4.39 Å². The molecule has 0 amide bonds. The molecule has 1 aromatic heterocycles. The lowest BCUT2D eigenvalue weighted by atomic mass is 10.3. The van der Waals surface area contributed by atoms with Crippen LogP contribution in [0.25, 0.3) is 0 Å². The Bertz CT molecular complexity index is 589. The van der Waals surface area contributed by atoms with Crippen molar-refractivity contribution in [3.8, 4) is 5.88 Å². The number of pyridine rings is 1. The molecular formula is C14H14FNO2S. The number of aromatic nitrogens is 1. The highest BCUT2D eigenvalue weighted by Crippen LogP contribution is 2.14. The van der Waals surface area contributed by atoms with Crippen molar-refractivity contribution in [3.05, 3.63) is 54.0 Å². The molecule has 2 rings (SSSR count). The van der Waals surface area contributed by atoms with Gasteiger partial charge >= 0.3 is 0 Å². The number of nitrogens with zero attached hydrogens (tertiary/aromatic N) is 1. The largest absolute Gasteiger partial charge is 0.478 e. The van der Waals surface area contributed by atoms with Crippen LogP contribution in [0.3, 0.4) is 0 Å². The molecule has 1 heterocycles. The summed E-state index contributed by atoms with van der Waals surface area (Å²) in [5, 5.41) is 0. The minimum atomic E-state index is -1.31. The van der Waals surface area contributed by atoms with Crippen LogP contribution in [0.5, 0.6) is 5.88 Å². The van der Waals surface area contributed by atoms with Crippen LogP contribution in [0.1, 0.15) is 12.6 Å². The van der Waals surface area contributed by atoms with Gasteiger partial charge in [-0.15, -0.1) is 0 Å². The number of halogens is 1. The summed E-state index contributed by atoms with van der Waals surface area (Å²) in [5.74, 6) is 0.364. The van der Waals surface area contributed by atoms with Crippen molar-refractivity contribution in [2.45, 2.75) is 17.6 Å². The summed E-state index contributed by atoms with van der Waals surface area (Å²) in [4.78, 5) is 4.70. The molecule has 5 heteroatoms. The molecule has 0 aliphatic rings. The maximum atomic E-state index is 13.1. The fourth-order valence-corrected chi connectivity index (χ4v) is 2.66. The molecule has 0 bridgehead atoms. The molecule has 19 heavy (non-hydrogen) atoms. The van der Waals surface area contributed by atoms with E-state index in [2.05, 4.69) is 4.98 Å². The van der Waals surface area contributed by atoms with Gasteiger partial charge in [0, 0.05) is 11.0 Å². The molecule has 2 aromatic rings. The molecule has 1 atom stereocenters. The lowest BCUT2D eigenvalue weighted by Crippen LogP contribution is -2.01. The van der Waals surface area contributed by atoms with Gasteiger partial charge in [0.05, 0.1) is 28.9 Å². The molecule has 0 spiro atoms. The van der Waals surface area contributed by atoms with E-state index in [0.717, 1.165) is 0 Å². The minimum Gasteiger partial charge on any atom is -0.478 e. The summed E-state index contributed by atoms with van der Waals surface area (Å²) in [6.45, 7) is 2.41. The van der Waals surface area contributed by atoms with Crippen molar-refractivity contribution in [2.75, 3.05) is 6.61 Å². The highest BCUT2D eigenvalue weighted by Gasteiger charge is 2.08. The average Bonchev–Trinajstić information content (AvgIpc) is 2.39. The summed E-state index contributed by atoms with van der Waals surface area (Å²) >= 11 is 0. The van der Waals surface area contributed by atoms with Crippen LogP contribution >= 0.6 is 0 Å². The van der Waals surface area contributed by atoms with Crippen molar-refractivity contribution in [1.82, 2.24) is 4.98 Å². The van der Waals surface area contributed by atoms with E-state index in [1.54, 1.807) is 30.3 Å². The summed E-state index contributed by atoms with van der Waals surface area (Å²) in [6, 6.07) is 11.1. The summed E-state index contributed by atoms with van der Waals surface area (Å²) < 4.78 is 30.4. The molecule has 0 saturated heterocycles. The Kier molecular flexibility index (Phi) is 4.63. The van der Waals surface area contributed by atoms with Crippen molar-refractivity contribution in [2.24, 2.45) is 0 Å². The van der Waals surface area contributed by atoms with Crippen molar-refractivity contribution in [3.63, 3.8) is 0 Å².